The third-order valence-corrected chi connectivity index (χ3v) is 13.7. The quantitative estimate of drug-likeness (QED) is 0.164. The third kappa shape index (κ3) is 5.49. The fourth-order valence-corrected chi connectivity index (χ4v) is 10.6. The molecule has 0 radical (unpaired) electrons. The van der Waals surface area contributed by atoms with Gasteiger partial charge in [0.1, 0.15) is 0 Å². The lowest BCUT2D eigenvalue weighted by atomic mass is 9.94. The molecule has 14 rings (SSSR count). The molecule has 12 aromatic carbocycles. The van der Waals surface area contributed by atoms with Crippen LogP contribution in [-0.2, 0) is 0 Å². The number of rotatable bonds is 4. The predicted molar refractivity (Wildman–Crippen MR) is 274 cm³/mol. The molecule has 0 unspecified atom stereocenters. The van der Waals surface area contributed by atoms with Gasteiger partial charge in [-0.15, -0.1) is 0 Å². The molecular formula is C62H38N2O. The van der Waals surface area contributed by atoms with Gasteiger partial charge in [-0.1, -0.05) is 164 Å². The van der Waals surface area contributed by atoms with E-state index in [-0.39, 0.29) is 0 Å². The average molecular weight is 827 g/mol. The van der Waals surface area contributed by atoms with Crippen LogP contribution in [0.15, 0.2) is 231 Å². The molecule has 13 aromatic rings. The van der Waals surface area contributed by atoms with Crippen molar-refractivity contribution in [3.8, 4) is 39.4 Å². The van der Waals surface area contributed by atoms with Crippen molar-refractivity contribution in [2.45, 2.75) is 0 Å². The molecule has 0 saturated carbocycles. The maximum Gasteiger partial charge on any atom is 0.159 e. The van der Waals surface area contributed by atoms with E-state index in [4.69, 9.17) is 4.74 Å². The summed E-state index contributed by atoms with van der Waals surface area (Å²) >= 11 is 0. The van der Waals surface area contributed by atoms with Gasteiger partial charge in [0.25, 0.3) is 0 Å². The first kappa shape index (κ1) is 35.9. The molecule has 3 heteroatoms. The van der Waals surface area contributed by atoms with Crippen LogP contribution in [-0.4, -0.2) is 4.57 Å². The van der Waals surface area contributed by atoms with Gasteiger partial charge in [-0.25, -0.2) is 0 Å². The van der Waals surface area contributed by atoms with Crippen molar-refractivity contribution >= 4 is 92.7 Å². The zero-order chi connectivity index (χ0) is 42.6. The largest absolute Gasteiger partial charge is 0.452 e. The van der Waals surface area contributed by atoms with Crippen LogP contribution in [0.3, 0.4) is 0 Å². The Bertz CT molecular complexity index is 4070. The van der Waals surface area contributed by atoms with Crippen LogP contribution in [0.4, 0.5) is 17.1 Å². The van der Waals surface area contributed by atoms with E-state index in [1.165, 1.54) is 76.0 Å². The predicted octanol–water partition coefficient (Wildman–Crippen LogP) is 17.5. The van der Waals surface area contributed by atoms with Gasteiger partial charge in [0, 0.05) is 27.5 Å². The maximum atomic E-state index is 6.89. The molecule has 1 aliphatic heterocycles. The van der Waals surface area contributed by atoms with E-state index in [9.17, 15) is 0 Å². The van der Waals surface area contributed by atoms with Crippen LogP contribution in [0.2, 0.25) is 0 Å². The molecule has 0 bridgehead atoms. The van der Waals surface area contributed by atoms with E-state index in [0.717, 1.165) is 56.1 Å². The summed E-state index contributed by atoms with van der Waals surface area (Å²) in [5, 5.41) is 14.7. The Labute approximate surface area is 375 Å². The van der Waals surface area contributed by atoms with E-state index >= 15 is 0 Å². The summed E-state index contributed by atoms with van der Waals surface area (Å²) in [5.74, 6) is 1.70. The van der Waals surface area contributed by atoms with Gasteiger partial charge in [0.2, 0.25) is 0 Å². The molecule has 0 aliphatic carbocycles. The van der Waals surface area contributed by atoms with E-state index < -0.39 is 0 Å². The Balaban J connectivity index is 0.975. The number of benzene rings is 12. The molecule has 3 nitrogen and oxygen atoms in total. The molecule has 1 aromatic heterocycles. The molecule has 0 atom stereocenters. The van der Waals surface area contributed by atoms with E-state index in [1.807, 2.05) is 0 Å². The normalized spacial score (nSPS) is 12.4. The molecule has 0 fully saturated rings. The lowest BCUT2D eigenvalue weighted by molar-refractivity contribution is 0.482. The molecule has 0 N–H and O–H groups in total. The fourth-order valence-electron chi connectivity index (χ4n) is 10.6. The first-order valence-corrected chi connectivity index (χ1v) is 22.3. The summed E-state index contributed by atoms with van der Waals surface area (Å²) in [6.07, 6.45) is 0. The highest BCUT2D eigenvalue weighted by molar-refractivity contribution is 6.25. The molecule has 0 spiro atoms. The van der Waals surface area contributed by atoms with Crippen molar-refractivity contribution in [2.75, 3.05) is 4.90 Å². The molecule has 2 heterocycles. The Morgan fingerprint density at radius 2 is 0.815 bits per heavy atom. The van der Waals surface area contributed by atoms with Gasteiger partial charge in [0.05, 0.1) is 22.4 Å². The molecule has 1 aliphatic rings. The van der Waals surface area contributed by atoms with Crippen molar-refractivity contribution in [3.63, 3.8) is 0 Å². The summed E-state index contributed by atoms with van der Waals surface area (Å²) < 4.78 is 9.35. The van der Waals surface area contributed by atoms with Crippen LogP contribution in [0.5, 0.6) is 11.5 Å². The van der Waals surface area contributed by atoms with Crippen molar-refractivity contribution in [1.82, 2.24) is 4.57 Å². The molecular weight excluding hydrogens is 789 g/mol. The Kier molecular flexibility index (Phi) is 7.69. The Hall–Kier alpha value is -8.66. The average Bonchev–Trinajstić information content (AvgIpc) is 3.71. The summed E-state index contributed by atoms with van der Waals surface area (Å²) in [6, 6.07) is 84.1. The van der Waals surface area contributed by atoms with Crippen LogP contribution in [0.1, 0.15) is 0 Å². The second-order valence-corrected chi connectivity index (χ2v) is 17.3. The van der Waals surface area contributed by atoms with Crippen LogP contribution in [0, 0.1) is 0 Å². The zero-order valence-corrected chi connectivity index (χ0v) is 35.2. The minimum Gasteiger partial charge on any atom is -0.452 e. The zero-order valence-electron chi connectivity index (χ0n) is 35.2. The Morgan fingerprint density at radius 1 is 0.277 bits per heavy atom. The van der Waals surface area contributed by atoms with Gasteiger partial charge in [-0.05, 0) is 137 Å². The molecule has 0 saturated heterocycles. The highest BCUT2D eigenvalue weighted by Gasteiger charge is 2.28. The Morgan fingerprint density at radius 3 is 1.54 bits per heavy atom. The maximum absolute atomic E-state index is 6.89. The fraction of sp³-hybridized carbons (Fsp3) is 0. The van der Waals surface area contributed by atoms with Crippen molar-refractivity contribution in [3.05, 3.63) is 231 Å². The van der Waals surface area contributed by atoms with Crippen LogP contribution >= 0.6 is 0 Å². The molecule has 0 amide bonds. The second kappa shape index (κ2) is 13.9. The number of fused-ring (bicyclic) bond motifs is 14. The highest BCUT2D eigenvalue weighted by atomic mass is 16.5. The number of hydrogen-bond donors (Lipinski definition) is 0. The first-order valence-electron chi connectivity index (χ1n) is 22.3. The van der Waals surface area contributed by atoms with Crippen LogP contribution in [0.25, 0.3) is 104 Å². The number of anilines is 3. The van der Waals surface area contributed by atoms with Gasteiger partial charge in [-0.3, -0.25) is 0 Å². The number of aromatic nitrogens is 1. The van der Waals surface area contributed by atoms with E-state index in [2.05, 4.69) is 240 Å². The van der Waals surface area contributed by atoms with Gasteiger partial charge >= 0.3 is 0 Å². The topological polar surface area (TPSA) is 17.4 Å². The second-order valence-electron chi connectivity index (χ2n) is 17.3. The van der Waals surface area contributed by atoms with Gasteiger partial charge < -0.3 is 14.2 Å². The highest BCUT2D eigenvalue weighted by Crippen LogP contribution is 2.54. The van der Waals surface area contributed by atoms with Crippen molar-refractivity contribution < 1.29 is 4.74 Å². The summed E-state index contributed by atoms with van der Waals surface area (Å²) in [5.41, 5.74) is 11.2. The minimum atomic E-state index is 0.826. The first-order chi connectivity index (χ1) is 32.2. The number of ether oxygens (including phenoxy) is 1. The minimum absolute atomic E-state index is 0.826. The van der Waals surface area contributed by atoms with Gasteiger partial charge in [-0.2, -0.15) is 0 Å². The van der Waals surface area contributed by atoms with Gasteiger partial charge in [0.15, 0.2) is 11.5 Å². The number of hydrogen-bond acceptors (Lipinski definition) is 2. The summed E-state index contributed by atoms with van der Waals surface area (Å²) in [7, 11) is 0. The standard InChI is InChI=1S/C62H38N2O/c1-2-12-39(13-3-1)43-24-30-57-55(35-43)56-36-44(25-31-58(56)63(57)47-28-29-53-51-20-9-8-18-49(51)50-19-10-11-21-52(50)54(53)38-47)45-26-33-61-60(37-45)64(46-27-22-40-14-4-5-16-42(40)34-46)59-32-23-41-15-6-7-17-48(41)62(59)65-61/h1-38H. The summed E-state index contributed by atoms with van der Waals surface area (Å²) in [6.45, 7) is 0. The summed E-state index contributed by atoms with van der Waals surface area (Å²) in [4.78, 5) is 2.37. The lowest BCUT2D eigenvalue weighted by Gasteiger charge is -2.34. The van der Waals surface area contributed by atoms with Crippen molar-refractivity contribution in [1.29, 1.82) is 0 Å². The van der Waals surface area contributed by atoms with Crippen LogP contribution < -0.4 is 9.64 Å². The SMILES string of the molecule is c1ccc(-c2ccc3c(c2)c2cc(-c4ccc5c(c4)N(c4ccc6ccccc6c4)c4ccc6ccccc6c4O5)ccc2n3-c2ccc3c4ccccc4c4ccccc4c3c2)cc1. The third-order valence-electron chi connectivity index (χ3n) is 13.7. The van der Waals surface area contributed by atoms with E-state index in [0.29, 0.717) is 0 Å². The van der Waals surface area contributed by atoms with Crippen molar-refractivity contribution in [2.24, 2.45) is 0 Å². The smallest absolute Gasteiger partial charge is 0.159 e. The van der Waals surface area contributed by atoms with E-state index in [1.54, 1.807) is 0 Å². The number of nitrogens with zero attached hydrogens (tertiary/aromatic N) is 2. The monoisotopic (exact) mass is 826 g/mol. The molecule has 302 valence electrons. The lowest BCUT2D eigenvalue weighted by Crippen LogP contribution is -2.16. The molecule has 65 heavy (non-hydrogen) atoms.